The Hall–Kier alpha value is -1.97. The Labute approximate surface area is 167 Å². The lowest BCUT2D eigenvalue weighted by molar-refractivity contribution is -0.895. The number of carbonyl (C=O) groups is 2. The van der Waals surface area contributed by atoms with Crippen molar-refractivity contribution in [3.05, 3.63) is 29.3 Å². The lowest BCUT2D eigenvalue weighted by Crippen LogP contribution is -3.15. The molecular formula is C19H31N4O4S+. The molecular weight excluding hydrogens is 380 g/mol. The van der Waals surface area contributed by atoms with Gasteiger partial charge in [-0.2, -0.15) is 4.31 Å². The summed E-state index contributed by atoms with van der Waals surface area (Å²) in [6.07, 6.45) is 0.782. The Morgan fingerprint density at radius 2 is 1.82 bits per heavy atom. The highest BCUT2D eigenvalue weighted by atomic mass is 32.2. The van der Waals surface area contributed by atoms with E-state index in [9.17, 15) is 18.0 Å². The maximum absolute atomic E-state index is 12.8. The number of carbonyl (C=O) groups excluding carboxylic acids is 2. The number of aryl methyl sites for hydroxylation is 2. The van der Waals surface area contributed by atoms with E-state index in [0.29, 0.717) is 31.1 Å². The molecule has 1 heterocycles. The topological polar surface area (TPSA) is 100 Å². The van der Waals surface area contributed by atoms with Gasteiger partial charge in [-0.3, -0.25) is 10.1 Å². The normalized spacial score (nSPS) is 17.1. The molecule has 1 saturated heterocycles. The van der Waals surface area contributed by atoms with Crippen LogP contribution in [0.5, 0.6) is 0 Å². The molecule has 0 aromatic heterocycles. The van der Waals surface area contributed by atoms with Crippen molar-refractivity contribution >= 4 is 22.0 Å². The largest absolute Gasteiger partial charge is 0.335 e. The van der Waals surface area contributed by atoms with Gasteiger partial charge in [0.25, 0.3) is 5.91 Å². The van der Waals surface area contributed by atoms with Crippen LogP contribution >= 0.6 is 0 Å². The summed E-state index contributed by atoms with van der Waals surface area (Å²) in [6, 6.07) is 4.67. The van der Waals surface area contributed by atoms with Crippen LogP contribution in [-0.2, 0) is 14.8 Å². The average Bonchev–Trinajstić information content (AvgIpc) is 2.63. The minimum absolute atomic E-state index is 0.000640. The number of quaternary nitrogens is 1. The predicted molar refractivity (Wildman–Crippen MR) is 107 cm³/mol. The summed E-state index contributed by atoms with van der Waals surface area (Å²) in [7, 11) is -3.53. The van der Waals surface area contributed by atoms with E-state index in [0.717, 1.165) is 22.4 Å². The molecule has 1 atom stereocenters. The van der Waals surface area contributed by atoms with Crippen LogP contribution in [0.15, 0.2) is 23.1 Å². The van der Waals surface area contributed by atoms with Crippen molar-refractivity contribution in [3.63, 3.8) is 0 Å². The van der Waals surface area contributed by atoms with Gasteiger partial charge in [0.1, 0.15) is 0 Å². The summed E-state index contributed by atoms with van der Waals surface area (Å²) in [5.41, 5.74) is 1.99. The van der Waals surface area contributed by atoms with Crippen LogP contribution in [0.25, 0.3) is 0 Å². The van der Waals surface area contributed by atoms with Crippen molar-refractivity contribution in [1.82, 2.24) is 14.9 Å². The minimum atomic E-state index is -3.53. The van der Waals surface area contributed by atoms with Gasteiger partial charge in [0, 0.05) is 6.04 Å². The third-order valence-electron chi connectivity index (χ3n) is 5.20. The second-order valence-corrected chi connectivity index (χ2v) is 9.35. The lowest BCUT2D eigenvalue weighted by atomic mass is 10.1. The second-order valence-electron chi connectivity index (χ2n) is 7.41. The molecule has 8 nitrogen and oxygen atoms in total. The number of hydrogen-bond acceptors (Lipinski definition) is 4. The summed E-state index contributed by atoms with van der Waals surface area (Å²) in [6.45, 7) is 9.52. The number of rotatable bonds is 6. The number of imide groups is 1. The summed E-state index contributed by atoms with van der Waals surface area (Å²) in [5, 5.41) is 5.01. The molecule has 156 valence electrons. The third-order valence-corrected chi connectivity index (χ3v) is 7.09. The second kappa shape index (κ2) is 9.49. The van der Waals surface area contributed by atoms with Crippen LogP contribution in [0.2, 0.25) is 0 Å². The molecule has 1 aromatic rings. The molecule has 9 heteroatoms. The van der Waals surface area contributed by atoms with Gasteiger partial charge < -0.3 is 10.2 Å². The van der Waals surface area contributed by atoms with Crippen molar-refractivity contribution in [2.24, 2.45) is 0 Å². The van der Waals surface area contributed by atoms with E-state index < -0.39 is 16.1 Å². The Bertz CT molecular complexity index is 817. The van der Waals surface area contributed by atoms with Crippen molar-refractivity contribution in [3.8, 4) is 0 Å². The van der Waals surface area contributed by atoms with Gasteiger partial charge in [0.05, 0.1) is 31.1 Å². The van der Waals surface area contributed by atoms with Crippen LogP contribution in [0, 0.1) is 13.8 Å². The third kappa shape index (κ3) is 5.76. The number of sulfonamides is 1. The standard InChI is InChI=1S/C19H30N4O4S/c1-5-16(4)20-19(25)21-18(24)13-22-8-10-23(11-9-22)28(26,27)17-7-6-14(2)15(3)12-17/h6-7,12,16H,5,8-11,13H2,1-4H3,(H2,20,21,24,25)/p+1/t16-/m0/s1. The smallest absolute Gasteiger partial charge is 0.321 e. The number of benzene rings is 1. The van der Waals surface area contributed by atoms with Crippen molar-refractivity contribution < 1.29 is 22.9 Å². The Morgan fingerprint density at radius 1 is 1.18 bits per heavy atom. The van der Waals surface area contributed by atoms with E-state index in [1.165, 1.54) is 4.31 Å². The van der Waals surface area contributed by atoms with Gasteiger partial charge in [0.15, 0.2) is 6.54 Å². The number of piperazine rings is 1. The molecule has 0 aliphatic carbocycles. The molecule has 0 bridgehead atoms. The fourth-order valence-corrected chi connectivity index (χ4v) is 4.53. The first-order valence-corrected chi connectivity index (χ1v) is 11.1. The van der Waals surface area contributed by atoms with Crippen LogP contribution in [0.3, 0.4) is 0 Å². The SMILES string of the molecule is CC[C@H](C)NC(=O)NC(=O)C[NH+]1CCN(S(=O)(=O)c2ccc(C)c(C)c2)CC1. The molecule has 0 radical (unpaired) electrons. The zero-order valence-corrected chi connectivity index (χ0v) is 17.9. The fourth-order valence-electron chi connectivity index (χ4n) is 3.00. The Kier molecular flexibility index (Phi) is 7.56. The van der Waals surface area contributed by atoms with Crippen molar-refractivity contribution in [2.75, 3.05) is 32.7 Å². The first-order chi connectivity index (χ1) is 13.1. The number of hydrogen-bond donors (Lipinski definition) is 3. The zero-order valence-electron chi connectivity index (χ0n) is 17.0. The van der Waals surface area contributed by atoms with Crippen LogP contribution < -0.4 is 15.5 Å². The predicted octanol–water partition coefficient (Wildman–Crippen LogP) is -0.183. The highest BCUT2D eigenvalue weighted by molar-refractivity contribution is 7.89. The van der Waals surface area contributed by atoms with Gasteiger partial charge in [0.2, 0.25) is 10.0 Å². The number of urea groups is 1. The lowest BCUT2D eigenvalue weighted by Gasteiger charge is -2.31. The highest BCUT2D eigenvalue weighted by Crippen LogP contribution is 2.19. The molecule has 1 aliphatic rings. The molecule has 3 N–H and O–H groups in total. The molecule has 3 amide bonds. The molecule has 1 aliphatic heterocycles. The fraction of sp³-hybridized carbons (Fsp3) is 0.579. The van der Waals surface area contributed by atoms with E-state index in [4.69, 9.17) is 0 Å². The summed E-state index contributed by atoms with van der Waals surface area (Å²) < 4.78 is 27.1. The van der Waals surface area contributed by atoms with Crippen molar-refractivity contribution in [2.45, 2.75) is 45.1 Å². The van der Waals surface area contributed by atoms with E-state index in [2.05, 4.69) is 10.6 Å². The number of nitrogens with zero attached hydrogens (tertiary/aromatic N) is 1. The van der Waals surface area contributed by atoms with E-state index in [1.54, 1.807) is 12.1 Å². The Balaban J connectivity index is 1.87. The monoisotopic (exact) mass is 411 g/mol. The molecule has 1 aromatic carbocycles. The summed E-state index contributed by atoms with van der Waals surface area (Å²) in [5.74, 6) is -0.360. The molecule has 0 saturated carbocycles. The first-order valence-electron chi connectivity index (χ1n) is 9.64. The zero-order chi connectivity index (χ0) is 20.9. The number of nitrogens with one attached hydrogen (secondary N) is 3. The van der Waals surface area contributed by atoms with Gasteiger partial charge in [-0.1, -0.05) is 13.0 Å². The maximum atomic E-state index is 12.8. The Morgan fingerprint density at radius 3 is 2.39 bits per heavy atom. The molecule has 0 unspecified atom stereocenters. The van der Waals surface area contributed by atoms with E-state index >= 15 is 0 Å². The van der Waals surface area contributed by atoms with Crippen LogP contribution in [0.4, 0.5) is 4.79 Å². The first kappa shape index (κ1) is 22.3. The van der Waals surface area contributed by atoms with Crippen LogP contribution in [-0.4, -0.2) is 63.4 Å². The van der Waals surface area contributed by atoms with Gasteiger partial charge in [-0.25, -0.2) is 13.2 Å². The molecule has 1 fully saturated rings. The van der Waals surface area contributed by atoms with Crippen molar-refractivity contribution in [1.29, 1.82) is 0 Å². The molecule has 2 rings (SSSR count). The number of amides is 3. The van der Waals surface area contributed by atoms with Crippen LogP contribution in [0.1, 0.15) is 31.4 Å². The van der Waals surface area contributed by atoms with Gasteiger partial charge >= 0.3 is 6.03 Å². The quantitative estimate of drug-likeness (QED) is 0.604. The van der Waals surface area contributed by atoms with E-state index in [1.807, 2.05) is 33.8 Å². The molecule has 0 spiro atoms. The van der Waals surface area contributed by atoms with Gasteiger partial charge in [-0.15, -0.1) is 0 Å². The van der Waals surface area contributed by atoms with Gasteiger partial charge in [-0.05, 0) is 50.5 Å². The molecule has 28 heavy (non-hydrogen) atoms. The summed E-state index contributed by atoms with van der Waals surface area (Å²) >= 11 is 0. The minimum Gasteiger partial charge on any atom is -0.335 e. The maximum Gasteiger partial charge on any atom is 0.321 e. The average molecular weight is 412 g/mol. The van der Waals surface area contributed by atoms with E-state index in [-0.39, 0.29) is 18.5 Å². The highest BCUT2D eigenvalue weighted by Gasteiger charge is 2.31. The summed E-state index contributed by atoms with van der Waals surface area (Å²) in [4.78, 5) is 25.0.